The lowest BCUT2D eigenvalue weighted by atomic mass is 9.79. The summed E-state index contributed by atoms with van der Waals surface area (Å²) in [5.74, 6) is 1.62. The van der Waals surface area contributed by atoms with Crippen LogP contribution in [0.3, 0.4) is 0 Å². The van der Waals surface area contributed by atoms with Gasteiger partial charge in [0.1, 0.15) is 17.2 Å². The summed E-state index contributed by atoms with van der Waals surface area (Å²) < 4.78 is 8.82. The van der Waals surface area contributed by atoms with E-state index in [9.17, 15) is 0 Å². The van der Waals surface area contributed by atoms with Crippen molar-refractivity contribution in [1.29, 1.82) is 0 Å². The first kappa shape index (κ1) is 32.1. The highest BCUT2D eigenvalue weighted by molar-refractivity contribution is 6.13. The molecule has 1 aromatic heterocycles. The van der Waals surface area contributed by atoms with Crippen LogP contribution in [-0.2, 0) is 0 Å². The van der Waals surface area contributed by atoms with Gasteiger partial charge in [-0.2, -0.15) is 4.57 Å². The maximum absolute atomic E-state index is 6.65. The number of imidazole rings is 1. The van der Waals surface area contributed by atoms with Crippen molar-refractivity contribution in [2.24, 2.45) is 0 Å². The Morgan fingerprint density at radius 3 is 1.87 bits per heavy atom. The summed E-state index contributed by atoms with van der Waals surface area (Å²) in [6, 6.07) is 58.7. The van der Waals surface area contributed by atoms with Crippen LogP contribution in [-0.4, -0.2) is 16.4 Å². The van der Waals surface area contributed by atoms with E-state index in [0.717, 1.165) is 34.8 Å². The van der Waals surface area contributed by atoms with E-state index in [1.807, 2.05) is 18.5 Å². The SMILES string of the molecule is C1=C2C(=CN(C3c4ccccc4-c4ccc(Oc5cccc(-[n+]6c[nH]c7ccccc76)c5)cc43)C1)c1ccccc1-c1ccccc1-c1ccccc12.[Cl-]. The van der Waals surface area contributed by atoms with Crippen LogP contribution < -0.4 is 21.7 Å². The van der Waals surface area contributed by atoms with E-state index in [0.29, 0.717) is 0 Å². The average molecular weight is 716 g/mol. The topological polar surface area (TPSA) is 32.1 Å². The number of hydrogen-bond donors (Lipinski definition) is 1. The standard InChI is InChI=1S/C49H33N3O.ClH/c1-2-15-36-35(14-1)37-16-3-4-18-39(37)43-26-27-51(30-46(43)41-20-6-5-17-38(36)41)49-44-21-8-7-19-40(44)42-25-24-34(29-45(42)49)53-33-13-11-12-32(28-33)52-31-50-47-22-9-10-23-48(47)52;/h1-26,28-31,49H,27H2;1H. The van der Waals surface area contributed by atoms with Crippen molar-refractivity contribution in [2.75, 3.05) is 6.54 Å². The molecule has 11 rings (SSSR count). The van der Waals surface area contributed by atoms with E-state index < -0.39 is 0 Å². The second-order valence-corrected chi connectivity index (χ2v) is 14.0. The largest absolute Gasteiger partial charge is 1.00 e. The maximum Gasteiger partial charge on any atom is 0.247 e. The van der Waals surface area contributed by atoms with Crippen LogP contribution in [0.4, 0.5) is 0 Å². The summed E-state index contributed by atoms with van der Waals surface area (Å²) in [6.07, 6.45) is 6.86. The molecule has 1 aliphatic heterocycles. The van der Waals surface area contributed by atoms with Crippen molar-refractivity contribution < 1.29 is 21.7 Å². The van der Waals surface area contributed by atoms with Gasteiger partial charge in [-0.15, -0.1) is 0 Å². The zero-order valence-electron chi connectivity index (χ0n) is 29.3. The molecule has 7 aromatic carbocycles. The minimum Gasteiger partial charge on any atom is -1.00 e. The molecule has 8 aromatic rings. The average Bonchev–Trinajstić information content (AvgIpc) is 3.80. The fourth-order valence-corrected chi connectivity index (χ4v) is 8.74. The predicted octanol–water partition coefficient (Wildman–Crippen LogP) is 8.40. The number of halogens is 1. The fraction of sp³-hybridized carbons (Fsp3) is 0.0408. The number of rotatable bonds is 4. The Hall–Kier alpha value is -6.62. The molecule has 1 N–H and O–H groups in total. The summed E-state index contributed by atoms with van der Waals surface area (Å²) in [5.41, 5.74) is 18.5. The molecule has 0 saturated carbocycles. The number of nitrogens with zero attached hydrogens (tertiary/aromatic N) is 2. The molecule has 0 bridgehead atoms. The summed E-state index contributed by atoms with van der Waals surface area (Å²) in [4.78, 5) is 5.90. The van der Waals surface area contributed by atoms with Gasteiger partial charge in [0.2, 0.25) is 6.33 Å². The minimum absolute atomic E-state index is 0. The van der Waals surface area contributed by atoms with Crippen molar-refractivity contribution in [1.82, 2.24) is 9.88 Å². The lowest BCUT2D eigenvalue weighted by molar-refractivity contribution is -0.567. The minimum atomic E-state index is 0. The molecule has 54 heavy (non-hydrogen) atoms. The normalized spacial score (nSPS) is 14.8. The van der Waals surface area contributed by atoms with Crippen LogP contribution in [0.15, 0.2) is 182 Å². The van der Waals surface area contributed by atoms with E-state index >= 15 is 0 Å². The molecule has 258 valence electrons. The summed E-state index contributed by atoms with van der Waals surface area (Å²) in [6.45, 7) is 0.782. The van der Waals surface area contributed by atoms with Gasteiger partial charge < -0.3 is 22.0 Å². The Labute approximate surface area is 320 Å². The highest BCUT2D eigenvalue weighted by Crippen LogP contribution is 2.52. The van der Waals surface area contributed by atoms with E-state index in [4.69, 9.17) is 4.74 Å². The quantitative estimate of drug-likeness (QED) is 0.186. The summed E-state index contributed by atoms with van der Waals surface area (Å²) in [5, 5.41) is 0. The number of aromatic nitrogens is 2. The molecular formula is C49H34ClN3O. The van der Waals surface area contributed by atoms with Gasteiger partial charge in [0, 0.05) is 24.4 Å². The number of para-hydroxylation sites is 2. The van der Waals surface area contributed by atoms with Gasteiger partial charge in [0.25, 0.3) is 0 Å². The maximum atomic E-state index is 6.65. The smallest absolute Gasteiger partial charge is 0.247 e. The van der Waals surface area contributed by atoms with Crippen molar-refractivity contribution in [2.45, 2.75) is 6.04 Å². The van der Waals surface area contributed by atoms with Crippen molar-refractivity contribution in [3.8, 4) is 50.6 Å². The lowest BCUT2D eigenvalue weighted by Gasteiger charge is -2.35. The summed E-state index contributed by atoms with van der Waals surface area (Å²) >= 11 is 0. The Bertz CT molecular complexity index is 2830. The number of H-pyrrole nitrogens is 1. The Balaban J connectivity index is 0.00000361. The zero-order chi connectivity index (χ0) is 34.9. The highest BCUT2D eigenvalue weighted by atomic mass is 35.5. The number of allylic oxidation sites excluding steroid dienone is 2. The molecule has 0 saturated heterocycles. The molecule has 0 fully saturated rings. The molecule has 4 nitrogen and oxygen atoms in total. The monoisotopic (exact) mass is 715 g/mol. The van der Waals surface area contributed by atoms with Gasteiger partial charge in [-0.25, -0.2) is 4.98 Å². The first-order chi connectivity index (χ1) is 26.3. The van der Waals surface area contributed by atoms with Crippen molar-refractivity contribution in [3.05, 3.63) is 205 Å². The number of ether oxygens (including phenoxy) is 1. The molecule has 1 unspecified atom stereocenters. The van der Waals surface area contributed by atoms with Gasteiger partial charge in [-0.1, -0.05) is 127 Å². The number of fused-ring (bicyclic) bond motifs is 12. The number of aromatic amines is 1. The zero-order valence-corrected chi connectivity index (χ0v) is 30.0. The predicted molar refractivity (Wildman–Crippen MR) is 214 cm³/mol. The first-order valence-corrected chi connectivity index (χ1v) is 18.2. The van der Waals surface area contributed by atoms with Gasteiger partial charge >= 0.3 is 0 Å². The van der Waals surface area contributed by atoms with E-state index in [1.54, 1.807) is 0 Å². The third kappa shape index (κ3) is 5.02. The van der Waals surface area contributed by atoms with Crippen LogP contribution in [0.2, 0.25) is 0 Å². The first-order valence-electron chi connectivity index (χ1n) is 18.2. The molecule has 1 atom stereocenters. The van der Waals surface area contributed by atoms with E-state index in [1.165, 1.54) is 66.8 Å². The molecule has 0 radical (unpaired) electrons. The second kappa shape index (κ2) is 12.8. The number of nitrogens with one attached hydrogen (secondary N) is 1. The summed E-state index contributed by atoms with van der Waals surface area (Å²) in [7, 11) is 0. The Morgan fingerprint density at radius 2 is 1.11 bits per heavy atom. The highest BCUT2D eigenvalue weighted by Gasteiger charge is 2.35. The lowest BCUT2D eigenvalue weighted by Crippen LogP contribution is -3.00. The molecule has 2 aliphatic carbocycles. The van der Waals surface area contributed by atoms with Crippen LogP contribution in [0.5, 0.6) is 11.5 Å². The second-order valence-electron chi connectivity index (χ2n) is 14.0. The van der Waals surface area contributed by atoms with Gasteiger partial charge in [0.05, 0.1) is 6.04 Å². The molecular weight excluding hydrogens is 682 g/mol. The molecule has 0 spiro atoms. The molecule has 3 aliphatic rings. The van der Waals surface area contributed by atoms with Gasteiger partial charge in [-0.05, 0) is 97.6 Å². The number of hydrogen-bond acceptors (Lipinski definition) is 2. The molecule has 0 amide bonds. The van der Waals surface area contributed by atoms with Crippen LogP contribution >= 0.6 is 0 Å². The van der Waals surface area contributed by atoms with E-state index in [2.05, 4.69) is 178 Å². The molecule has 2 heterocycles. The Morgan fingerprint density at radius 1 is 0.519 bits per heavy atom. The fourth-order valence-electron chi connectivity index (χ4n) is 8.74. The van der Waals surface area contributed by atoms with E-state index in [-0.39, 0.29) is 18.4 Å². The van der Waals surface area contributed by atoms with Crippen molar-refractivity contribution >= 4 is 22.2 Å². The molecule has 5 heteroatoms. The Kier molecular flexibility index (Phi) is 7.60. The van der Waals surface area contributed by atoms with Gasteiger partial charge in [0.15, 0.2) is 11.0 Å². The van der Waals surface area contributed by atoms with Crippen molar-refractivity contribution in [3.63, 3.8) is 0 Å². The van der Waals surface area contributed by atoms with Crippen LogP contribution in [0.25, 0.3) is 61.2 Å². The van der Waals surface area contributed by atoms with Crippen LogP contribution in [0, 0.1) is 0 Å². The number of benzene rings is 7. The van der Waals surface area contributed by atoms with Gasteiger partial charge in [-0.3, -0.25) is 0 Å². The third-order valence-corrected chi connectivity index (χ3v) is 11.1. The third-order valence-electron chi connectivity index (χ3n) is 11.1. The van der Waals surface area contributed by atoms with Crippen LogP contribution in [0.1, 0.15) is 28.3 Å².